The highest BCUT2D eigenvalue weighted by atomic mass is 16.5. The third-order valence-electron chi connectivity index (χ3n) is 2.90. The van der Waals surface area contributed by atoms with Gasteiger partial charge in [0, 0.05) is 32.8 Å². The van der Waals surface area contributed by atoms with Gasteiger partial charge in [-0.15, -0.1) is 0 Å². The van der Waals surface area contributed by atoms with E-state index in [1.165, 1.54) is 7.11 Å². The number of rotatable bonds is 7. The predicted octanol–water partition coefficient (Wildman–Crippen LogP) is 1.15. The number of hydrogen-bond acceptors (Lipinski definition) is 4. The van der Waals surface area contributed by atoms with Gasteiger partial charge in [0.25, 0.3) is 0 Å². The maximum absolute atomic E-state index is 11.6. The summed E-state index contributed by atoms with van der Waals surface area (Å²) >= 11 is 0. The lowest BCUT2D eigenvalue weighted by Crippen LogP contribution is -2.31. The Bertz CT molecular complexity index is 450. The predicted molar refractivity (Wildman–Crippen MR) is 81.9 cm³/mol. The van der Waals surface area contributed by atoms with Gasteiger partial charge in [-0.3, -0.25) is 9.79 Å². The fraction of sp³-hybridized carbons (Fsp3) is 0.467. The molecule has 0 unspecified atom stereocenters. The second kappa shape index (κ2) is 8.32. The number of nitrogens with one attached hydrogen (secondary N) is 1. The first-order chi connectivity index (χ1) is 9.58. The largest absolute Gasteiger partial charge is 0.375 e. The molecule has 0 aromatic heterocycles. The number of methoxy groups -OCH3 is 1. The van der Waals surface area contributed by atoms with Crippen LogP contribution in [0.1, 0.15) is 6.92 Å². The highest BCUT2D eigenvalue weighted by Crippen LogP contribution is 2.05. The van der Waals surface area contributed by atoms with Crippen LogP contribution in [0.5, 0.6) is 0 Å². The smallest absolute Gasteiger partial charge is 0.248 e. The maximum atomic E-state index is 11.6. The molecule has 0 spiro atoms. The Balaban J connectivity index is 2.63. The summed E-state index contributed by atoms with van der Waals surface area (Å²) in [7, 11) is 3.28. The molecule has 1 aliphatic heterocycles. The van der Waals surface area contributed by atoms with Crippen molar-refractivity contribution in [3.63, 3.8) is 0 Å². The van der Waals surface area contributed by atoms with Crippen LogP contribution < -0.4 is 5.32 Å². The van der Waals surface area contributed by atoms with Crippen LogP contribution in [0.4, 0.5) is 0 Å². The second-order valence-electron chi connectivity index (χ2n) is 4.68. The number of hydrogen-bond donors (Lipinski definition) is 1. The van der Waals surface area contributed by atoms with Crippen molar-refractivity contribution >= 4 is 11.7 Å². The Morgan fingerprint density at radius 3 is 2.85 bits per heavy atom. The van der Waals surface area contributed by atoms with Crippen molar-refractivity contribution in [1.29, 1.82) is 0 Å². The molecule has 0 atom stereocenters. The summed E-state index contributed by atoms with van der Waals surface area (Å²) in [5.74, 6) is 0.850. The quantitative estimate of drug-likeness (QED) is 0.710. The molecule has 1 N–H and O–H groups in total. The Labute approximate surface area is 120 Å². The topological polar surface area (TPSA) is 53.9 Å². The van der Waals surface area contributed by atoms with Crippen LogP contribution >= 0.6 is 0 Å². The van der Waals surface area contributed by atoms with Gasteiger partial charge in [0.1, 0.15) is 12.4 Å². The van der Waals surface area contributed by atoms with E-state index in [1.807, 2.05) is 19.1 Å². The van der Waals surface area contributed by atoms with Crippen molar-refractivity contribution in [3.8, 4) is 0 Å². The zero-order valence-electron chi connectivity index (χ0n) is 12.5. The number of carbonyl (C=O) groups excluding carboxylic acids is 1. The van der Waals surface area contributed by atoms with Crippen molar-refractivity contribution in [2.75, 3.05) is 40.4 Å². The average molecular weight is 277 g/mol. The van der Waals surface area contributed by atoms with Crippen LogP contribution in [0.2, 0.25) is 0 Å². The van der Waals surface area contributed by atoms with Gasteiger partial charge in [0.15, 0.2) is 0 Å². The zero-order valence-corrected chi connectivity index (χ0v) is 12.5. The van der Waals surface area contributed by atoms with E-state index in [-0.39, 0.29) is 12.5 Å². The molecule has 1 aliphatic rings. The van der Waals surface area contributed by atoms with Crippen LogP contribution in [0.15, 0.2) is 40.9 Å². The molecule has 0 radical (unpaired) electrons. The molecule has 0 aromatic rings. The molecule has 1 heterocycles. The number of aliphatic imine (C=N–C) groups is 1. The van der Waals surface area contributed by atoms with E-state index in [2.05, 4.69) is 16.9 Å². The number of likely N-dealkylation sites (N-methyl/N-ethyl adjacent to an activating group) is 1. The Kier molecular flexibility index (Phi) is 6.73. The zero-order chi connectivity index (χ0) is 15.0. The van der Waals surface area contributed by atoms with Crippen LogP contribution in [-0.4, -0.2) is 57.0 Å². The van der Waals surface area contributed by atoms with Crippen molar-refractivity contribution < 1.29 is 9.53 Å². The SMILES string of the molecule is C=C/C(=C\C=C(/C)CN(C)C(=O)COC)C1=NCCN1. The van der Waals surface area contributed by atoms with Crippen LogP contribution in [0, 0.1) is 0 Å². The lowest BCUT2D eigenvalue weighted by atomic mass is 10.2. The minimum Gasteiger partial charge on any atom is -0.375 e. The molecule has 20 heavy (non-hydrogen) atoms. The molecule has 0 saturated heterocycles. The molecule has 5 nitrogen and oxygen atoms in total. The molecule has 0 aliphatic carbocycles. The summed E-state index contributed by atoms with van der Waals surface area (Å²) in [5.41, 5.74) is 2.04. The monoisotopic (exact) mass is 277 g/mol. The Morgan fingerprint density at radius 2 is 2.30 bits per heavy atom. The minimum absolute atomic E-state index is 0.0324. The Hall–Kier alpha value is -1.88. The van der Waals surface area contributed by atoms with E-state index in [0.717, 1.165) is 30.1 Å². The van der Waals surface area contributed by atoms with Crippen molar-refractivity contribution in [3.05, 3.63) is 36.0 Å². The number of amides is 1. The molecular weight excluding hydrogens is 254 g/mol. The molecule has 1 amide bonds. The summed E-state index contributed by atoms with van der Waals surface area (Å²) in [6.07, 6.45) is 5.73. The minimum atomic E-state index is -0.0324. The fourth-order valence-corrected chi connectivity index (χ4v) is 1.82. The number of amidine groups is 1. The van der Waals surface area contributed by atoms with E-state index in [1.54, 1.807) is 18.0 Å². The summed E-state index contributed by atoms with van der Waals surface area (Å²) in [6, 6.07) is 0. The normalized spacial score (nSPS) is 15.7. The van der Waals surface area contributed by atoms with Gasteiger partial charge in [0.05, 0.1) is 6.54 Å². The number of allylic oxidation sites excluding steroid dienone is 2. The first-order valence-electron chi connectivity index (χ1n) is 6.60. The van der Waals surface area contributed by atoms with Gasteiger partial charge in [-0.2, -0.15) is 0 Å². The first kappa shape index (κ1) is 16.2. The van der Waals surface area contributed by atoms with Gasteiger partial charge in [-0.25, -0.2) is 0 Å². The van der Waals surface area contributed by atoms with Crippen molar-refractivity contribution in [2.24, 2.45) is 4.99 Å². The third kappa shape index (κ3) is 5.01. The highest BCUT2D eigenvalue weighted by molar-refractivity contribution is 6.01. The summed E-state index contributed by atoms with van der Waals surface area (Å²) in [6.45, 7) is 8.14. The standard InChI is InChI=1S/C15H23N3O2/c1-5-13(15-16-8-9-17-15)7-6-12(2)10-18(3)14(19)11-20-4/h5-7H,1,8-11H2,2-4H3,(H,16,17)/b12-6+,13-7+. The second-order valence-corrected chi connectivity index (χ2v) is 4.68. The lowest BCUT2D eigenvalue weighted by Gasteiger charge is -2.16. The molecule has 0 saturated carbocycles. The van der Waals surface area contributed by atoms with E-state index in [4.69, 9.17) is 4.74 Å². The first-order valence-corrected chi connectivity index (χ1v) is 6.60. The van der Waals surface area contributed by atoms with Gasteiger partial charge >= 0.3 is 0 Å². The molecular formula is C15H23N3O2. The van der Waals surface area contributed by atoms with Crippen molar-refractivity contribution in [2.45, 2.75) is 6.92 Å². The maximum Gasteiger partial charge on any atom is 0.248 e. The number of carbonyl (C=O) groups is 1. The van der Waals surface area contributed by atoms with E-state index in [9.17, 15) is 4.79 Å². The van der Waals surface area contributed by atoms with Gasteiger partial charge in [0.2, 0.25) is 5.91 Å². The number of ether oxygens (including phenoxy) is 1. The molecule has 0 aromatic carbocycles. The summed E-state index contributed by atoms with van der Waals surface area (Å²) in [5, 5.41) is 3.21. The summed E-state index contributed by atoms with van der Waals surface area (Å²) in [4.78, 5) is 17.6. The molecule has 110 valence electrons. The van der Waals surface area contributed by atoms with Gasteiger partial charge in [-0.1, -0.05) is 30.4 Å². The van der Waals surface area contributed by atoms with Gasteiger partial charge < -0.3 is 15.0 Å². The lowest BCUT2D eigenvalue weighted by molar-refractivity contribution is -0.133. The highest BCUT2D eigenvalue weighted by Gasteiger charge is 2.09. The summed E-state index contributed by atoms with van der Waals surface area (Å²) < 4.78 is 4.83. The van der Waals surface area contributed by atoms with E-state index >= 15 is 0 Å². The van der Waals surface area contributed by atoms with Gasteiger partial charge in [-0.05, 0) is 6.92 Å². The Morgan fingerprint density at radius 1 is 1.55 bits per heavy atom. The van der Waals surface area contributed by atoms with Crippen LogP contribution in [0.25, 0.3) is 0 Å². The van der Waals surface area contributed by atoms with E-state index < -0.39 is 0 Å². The third-order valence-corrected chi connectivity index (χ3v) is 2.90. The van der Waals surface area contributed by atoms with Crippen LogP contribution in [0.3, 0.4) is 0 Å². The molecule has 1 rings (SSSR count). The molecule has 0 bridgehead atoms. The average Bonchev–Trinajstić information content (AvgIpc) is 2.93. The number of nitrogens with zero attached hydrogens (tertiary/aromatic N) is 2. The van der Waals surface area contributed by atoms with Crippen molar-refractivity contribution in [1.82, 2.24) is 10.2 Å². The molecule has 5 heteroatoms. The van der Waals surface area contributed by atoms with Crippen LogP contribution in [-0.2, 0) is 9.53 Å². The molecule has 0 fully saturated rings. The fourth-order valence-electron chi connectivity index (χ4n) is 1.82. The van der Waals surface area contributed by atoms with E-state index in [0.29, 0.717) is 6.54 Å².